The molecule has 3 aromatic rings. The van der Waals surface area contributed by atoms with Crippen LogP contribution in [0.5, 0.6) is 5.75 Å². The molecule has 0 aliphatic rings. The molecule has 27 heavy (non-hydrogen) atoms. The highest BCUT2D eigenvalue weighted by Gasteiger charge is 2.10. The number of aromatic nitrogens is 1. The summed E-state index contributed by atoms with van der Waals surface area (Å²) in [6.45, 7) is 0.519. The van der Waals surface area contributed by atoms with Crippen LogP contribution in [0.3, 0.4) is 0 Å². The van der Waals surface area contributed by atoms with E-state index in [9.17, 15) is 4.79 Å². The topological polar surface area (TPSA) is 76.8 Å². The summed E-state index contributed by atoms with van der Waals surface area (Å²) in [6.07, 6.45) is -0.558. The molecule has 0 aliphatic heterocycles. The first-order chi connectivity index (χ1) is 13.1. The molecule has 0 unspecified atom stereocenters. The third kappa shape index (κ3) is 5.58. The van der Waals surface area contributed by atoms with Crippen LogP contribution in [0.1, 0.15) is 11.3 Å². The monoisotopic (exact) mass is 367 g/mol. The molecule has 1 N–H and O–H groups in total. The number of amides is 1. The quantitative estimate of drug-likeness (QED) is 0.643. The van der Waals surface area contributed by atoms with Gasteiger partial charge >= 0.3 is 6.09 Å². The Morgan fingerprint density at radius 2 is 1.81 bits per heavy atom. The minimum absolute atomic E-state index is 0.00490. The van der Waals surface area contributed by atoms with Crippen molar-refractivity contribution in [1.82, 2.24) is 15.6 Å². The first kappa shape index (κ1) is 18.5. The number of nitrogens with zero attached hydrogens (tertiary/aromatic N) is 2. The lowest BCUT2D eigenvalue weighted by molar-refractivity contribution is 0.107. The maximum absolute atomic E-state index is 11.5. The van der Waals surface area contributed by atoms with Gasteiger partial charge in [-0.25, -0.2) is 9.80 Å². The lowest BCUT2D eigenvalue weighted by Crippen LogP contribution is -2.36. The average molecular weight is 367 g/mol. The SMILES string of the molecule is CN(C)NC(=O)OCc1cc(-c2ccc(OCc3ccccc3)cc2)no1. The van der Waals surface area contributed by atoms with E-state index >= 15 is 0 Å². The van der Waals surface area contributed by atoms with Gasteiger partial charge in [-0.3, -0.25) is 5.43 Å². The number of hydrogen-bond acceptors (Lipinski definition) is 6. The fraction of sp³-hybridized carbons (Fsp3) is 0.200. The van der Waals surface area contributed by atoms with Crippen LogP contribution >= 0.6 is 0 Å². The molecule has 1 heterocycles. The molecule has 1 amide bonds. The Bertz CT molecular complexity index is 860. The molecular weight excluding hydrogens is 346 g/mol. The van der Waals surface area contributed by atoms with Crippen molar-refractivity contribution in [2.45, 2.75) is 13.2 Å². The van der Waals surface area contributed by atoms with Gasteiger partial charge in [-0.05, 0) is 29.8 Å². The number of benzene rings is 2. The van der Waals surface area contributed by atoms with E-state index < -0.39 is 6.09 Å². The molecule has 7 nitrogen and oxygen atoms in total. The molecule has 0 spiro atoms. The molecule has 0 atom stereocenters. The van der Waals surface area contributed by atoms with Gasteiger partial charge < -0.3 is 14.0 Å². The van der Waals surface area contributed by atoms with E-state index in [0.29, 0.717) is 18.1 Å². The van der Waals surface area contributed by atoms with Crippen LogP contribution in [-0.4, -0.2) is 30.4 Å². The Balaban J connectivity index is 1.54. The van der Waals surface area contributed by atoms with E-state index in [1.807, 2.05) is 54.6 Å². The van der Waals surface area contributed by atoms with Crippen molar-refractivity contribution in [3.63, 3.8) is 0 Å². The summed E-state index contributed by atoms with van der Waals surface area (Å²) in [7, 11) is 3.39. The number of carbonyl (C=O) groups is 1. The first-order valence-corrected chi connectivity index (χ1v) is 8.43. The lowest BCUT2D eigenvalue weighted by Gasteiger charge is -2.10. The maximum atomic E-state index is 11.5. The molecule has 0 fully saturated rings. The van der Waals surface area contributed by atoms with E-state index in [4.69, 9.17) is 14.0 Å². The summed E-state index contributed by atoms with van der Waals surface area (Å²) < 4.78 is 16.0. The van der Waals surface area contributed by atoms with Crippen LogP contribution in [0.15, 0.2) is 65.2 Å². The van der Waals surface area contributed by atoms with Crippen LogP contribution in [0.25, 0.3) is 11.3 Å². The lowest BCUT2D eigenvalue weighted by atomic mass is 10.1. The van der Waals surface area contributed by atoms with Gasteiger partial charge in [0.25, 0.3) is 0 Å². The maximum Gasteiger partial charge on any atom is 0.422 e. The van der Waals surface area contributed by atoms with Crippen molar-refractivity contribution in [2.24, 2.45) is 0 Å². The zero-order valence-electron chi connectivity index (χ0n) is 15.2. The van der Waals surface area contributed by atoms with Gasteiger partial charge in [0.2, 0.25) is 0 Å². The molecule has 0 saturated carbocycles. The Morgan fingerprint density at radius 1 is 1.07 bits per heavy atom. The van der Waals surface area contributed by atoms with Crippen molar-refractivity contribution in [2.75, 3.05) is 14.1 Å². The number of hydrogen-bond donors (Lipinski definition) is 1. The molecule has 7 heteroatoms. The fourth-order valence-electron chi connectivity index (χ4n) is 2.33. The Morgan fingerprint density at radius 3 is 2.52 bits per heavy atom. The third-order valence-electron chi connectivity index (χ3n) is 3.62. The number of nitrogens with one attached hydrogen (secondary N) is 1. The van der Waals surface area contributed by atoms with Gasteiger partial charge in [0.05, 0.1) is 0 Å². The largest absolute Gasteiger partial charge is 0.489 e. The van der Waals surface area contributed by atoms with Gasteiger partial charge in [-0.2, -0.15) is 0 Å². The minimum atomic E-state index is -0.558. The van der Waals surface area contributed by atoms with Crippen molar-refractivity contribution in [3.8, 4) is 17.0 Å². The molecule has 0 bridgehead atoms. The van der Waals surface area contributed by atoms with Gasteiger partial charge in [0.15, 0.2) is 12.4 Å². The van der Waals surface area contributed by atoms with Crippen LogP contribution < -0.4 is 10.2 Å². The summed E-state index contributed by atoms with van der Waals surface area (Å²) >= 11 is 0. The fourth-order valence-corrected chi connectivity index (χ4v) is 2.33. The summed E-state index contributed by atoms with van der Waals surface area (Å²) in [5, 5.41) is 5.51. The molecule has 0 aliphatic carbocycles. The summed E-state index contributed by atoms with van der Waals surface area (Å²) in [6, 6.07) is 19.3. The average Bonchev–Trinajstić information content (AvgIpc) is 3.14. The van der Waals surface area contributed by atoms with Crippen molar-refractivity contribution >= 4 is 6.09 Å². The van der Waals surface area contributed by atoms with E-state index in [0.717, 1.165) is 16.9 Å². The van der Waals surface area contributed by atoms with Gasteiger partial charge in [-0.1, -0.05) is 35.5 Å². The normalized spacial score (nSPS) is 10.6. The molecular formula is C20H21N3O4. The number of rotatable bonds is 7. The summed E-state index contributed by atoms with van der Waals surface area (Å²) in [5.41, 5.74) is 5.14. The zero-order valence-corrected chi connectivity index (χ0v) is 15.2. The Kier molecular flexibility index (Phi) is 6.06. The van der Waals surface area contributed by atoms with Crippen LogP contribution in [0.2, 0.25) is 0 Å². The predicted octanol–water partition coefficient (Wildman–Crippen LogP) is 3.62. The second kappa shape index (κ2) is 8.86. The molecule has 1 aromatic heterocycles. The van der Waals surface area contributed by atoms with Crippen LogP contribution in [0, 0.1) is 0 Å². The van der Waals surface area contributed by atoms with Gasteiger partial charge in [0.1, 0.15) is 18.1 Å². The second-order valence-corrected chi connectivity index (χ2v) is 6.06. The van der Waals surface area contributed by atoms with Gasteiger partial charge in [-0.15, -0.1) is 0 Å². The molecule has 0 radical (unpaired) electrons. The van der Waals surface area contributed by atoms with E-state index in [2.05, 4.69) is 10.6 Å². The number of hydrazine groups is 1. The predicted molar refractivity (Wildman–Crippen MR) is 99.7 cm³/mol. The molecule has 2 aromatic carbocycles. The standard InChI is InChI=1S/C20H21N3O4/c1-23(2)21-20(24)26-14-18-12-19(22-27-18)16-8-10-17(11-9-16)25-13-15-6-4-3-5-7-15/h3-12H,13-14H2,1-2H3,(H,21,24). The molecule has 0 saturated heterocycles. The minimum Gasteiger partial charge on any atom is -0.489 e. The van der Waals surface area contributed by atoms with Crippen molar-refractivity contribution in [1.29, 1.82) is 0 Å². The van der Waals surface area contributed by atoms with Crippen molar-refractivity contribution < 1.29 is 18.8 Å². The summed E-state index contributed by atoms with van der Waals surface area (Å²) in [5.74, 6) is 1.23. The highest BCUT2D eigenvalue weighted by atomic mass is 16.6. The number of carbonyl (C=O) groups excluding carboxylic acids is 1. The van der Waals surface area contributed by atoms with E-state index in [1.165, 1.54) is 5.01 Å². The van der Waals surface area contributed by atoms with Crippen LogP contribution in [0.4, 0.5) is 4.79 Å². The highest BCUT2D eigenvalue weighted by molar-refractivity contribution is 5.66. The zero-order chi connectivity index (χ0) is 19.1. The summed E-state index contributed by atoms with van der Waals surface area (Å²) in [4.78, 5) is 11.5. The van der Waals surface area contributed by atoms with Gasteiger partial charge in [0, 0.05) is 25.7 Å². The number of ether oxygens (including phenoxy) is 2. The van der Waals surface area contributed by atoms with E-state index in [-0.39, 0.29) is 6.61 Å². The molecule has 3 rings (SSSR count). The first-order valence-electron chi connectivity index (χ1n) is 8.43. The Hall–Kier alpha value is -3.32. The van der Waals surface area contributed by atoms with E-state index in [1.54, 1.807) is 20.2 Å². The smallest absolute Gasteiger partial charge is 0.422 e. The van der Waals surface area contributed by atoms with Crippen molar-refractivity contribution in [3.05, 3.63) is 72.0 Å². The Labute approximate surface area is 157 Å². The second-order valence-electron chi connectivity index (χ2n) is 6.06. The third-order valence-corrected chi connectivity index (χ3v) is 3.62. The van der Waals surface area contributed by atoms with Crippen LogP contribution in [-0.2, 0) is 18.0 Å². The highest BCUT2D eigenvalue weighted by Crippen LogP contribution is 2.23. The molecule has 140 valence electrons.